The van der Waals surface area contributed by atoms with Crippen molar-refractivity contribution in [3.63, 3.8) is 0 Å². The van der Waals surface area contributed by atoms with Crippen molar-refractivity contribution in [2.45, 2.75) is 6.92 Å². The van der Waals surface area contributed by atoms with Crippen molar-refractivity contribution in [1.82, 2.24) is 9.78 Å². The Morgan fingerprint density at radius 2 is 1.65 bits per heavy atom. The molecule has 0 saturated carbocycles. The summed E-state index contributed by atoms with van der Waals surface area (Å²) in [6, 6.07) is 11.5. The van der Waals surface area contributed by atoms with Crippen LogP contribution in [0.3, 0.4) is 0 Å². The van der Waals surface area contributed by atoms with Gasteiger partial charge in [-0.1, -0.05) is 18.7 Å². The molecule has 0 aliphatic carbocycles. The number of hydrogen-bond donors (Lipinski definition) is 0. The topological polar surface area (TPSA) is 44.1 Å². The first-order valence-electron chi connectivity index (χ1n) is 7.97. The third-order valence-corrected chi connectivity index (χ3v) is 3.79. The van der Waals surface area contributed by atoms with Crippen molar-refractivity contribution in [3.05, 3.63) is 84.2 Å². The molecule has 0 unspecified atom stereocenters. The van der Waals surface area contributed by atoms with E-state index >= 15 is 0 Å². The van der Waals surface area contributed by atoms with Crippen LogP contribution < -0.4 is 0 Å². The third-order valence-electron chi connectivity index (χ3n) is 3.79. The number of carbonyl (C=O) groups is 1. The largest absolute Gasteiger partial charge is 0.461 e. The van der Waals surface area contributed by atoms with E-state index in [1.165, 1.54) is 28.9 Å². The SMILES string of the molecule is C=C(c1ccc(F)cc1)n1cc(-c2ccc(F)cc2)c(C(=O)OCC)n1. The minimum Gasteiger partial charge on any atom is -0.461 e. The Bertz CT molecular complexity index is 945. The van der Waals surface area contributed by atoms with Gasteiger partial charge in [0, 0.05) is 11.8 Å². The Kier molecular flexibility index (Phi) is 4.93. The van der Waals surface area contributed by atoms with Crippen molar-refractivity contribution >= 4 is 11.7 Å². The highest BCUT2D eigenvalue weighted by atomic mass is 19.1. The van der Waals surface area contributed by atoms with Crippen molar-refractivity contribution in [3.8, 4) is 11.1 Å². The van der Waals surface area contributed by atoms with Gasteiger partial charge in [-0.05, 0) is 54.4 Å². The molecular formula is C20H16F2N2O2. The lowest BCUT2D eigenvalue weighted by atomic mass is 10.1. The average molecular weight is 354 g/mol. The summed E-state index contributed by atoms with van der Waals surface area (Å²) in [4.78, 5) is 12.3. The molecule has 0 N–H and O–H groups in total. The smallest absolute Gasteiger partial charge is 0.359 e. The zero-order valence-electron chi connectivity index (χ0n) is 14.1. The number of halogens is 2. The number of rotatable bonds is 5. The fraction of sp³-hybridized carbons (Fsp3) is 0.100. The first-order chi connectivity index (χ1) is 12.5. The molecule has 1 aromatic heterocycles. The molecule has 3 rings (SSSR count). The lowest BCUT2D eigenvalue weighted by Crippen LogP contribution is -2.08. The van der Waals surface area contributed by atoms with Crippen LogP contribution in [0.25, 0.3) is 16.8 Å². The van der Waals surface area contributed by atoms with E-state index in [0.29, 0.717) is 22.4 Å². The predicted molar refractivity (Wildman–Crippen MR) is 94.4 cm³/mol. The van der Waals surface area contributed by atoms with E-state index < -0.39 is 5.97 Å². The van der Waals surface area contributed by atoms with E-state index in [4.69, 9.17) is 4.74 Å². The molecule has 0 aliphatic rings. The van der Waals surface area contributed by atoms with E-state index in [9.17, 15) is 13.6 Å². The molecule has 132 valence electrons. The minimum atomic E-state index is -0.586. The van der Waals surface area contributed by atoms with Gasteiger partial charge < -0.3 is 4.74 Å². The maximum absolute atomic E-state index is 13.2. The summed E-state index contributed by atoms with van der Waals surface area (Å²) in [5, 5.41) is 4.28. The Labute approximate surface area is 149 Å². The lowest BCUT2D eigenvalue weighted by molar-refractivity contribution is 0.0520. The number of carbonyl (C=O) groups excluding carboxylic acids is 1. The van der Waals surface area contributed by atoms with E-state index in [0.717, 1.165) is 0 Å². The summed E-state index contributed by atoms with van der Waals surface area (Å²) < 4.78 is 32.8. The average Bonchev–Trinajstić information content (AvgIpc) is 3.08. The molecule has 2 aromatic carbocycles. The molecule has 0 amide bonds. The fourth-order valence-corrected chi connectivity index (χ4v) is 2.48. The zero-order chi connectivity index (χ0) is 18.7. The van der Waals surface area contributed by atoms with Gasteiger partial charge in [-0.3, -0.25) is 0 Å². The third kappa shape index (κ3) is 3.54. The molecule has 4 nitrogen and oxygen atoms in total. The van der Waals surface area contributed by atoms with Gasteiger partial charge in [0.2, 0.25) is 0 Å². The second kappa shape index (κ2) is 7.31. The summed E-state index contributed by atoms with van der Waals surface area (Å²) in [6.07, 6.45) is 1.62. The van der Waals surface area contributed by atoms with Crippen LogP contribution in [0.4, 0.5) is 8.78 Å². The van der Waals surface area contributed by atoms with E-state index in [1.807, 2.05) is 0 Å². The molecule has 0 bridgehead atoms. The van der Waals surface area contributed by atoms with Gasteiger partial charge in [0.05, 0.1) is 12.3 Å². The van der Waals surface area contributed by atoms with Crippen LogP contribution in [0.5, 0.6) is 0 Å². The molecule has 3 aromatic rings. The van der Waals surface area contributed by atoms with Gasteiger partial charge >= 0.3 is 5.97 Å². The van der Waals surface area contributed by atoms with E-state index in [-0.39, 0.29) is 23.9 Å². The first-order valence-corrected chi connectivity index (χ1v) is 7.97. The van der Waals surface area contributed by atoms with Crippen LogP contribution in [0, 0.1) is 11.6 Å². The van der Waals surface area contributed by atoms with Crippen LogP contribution in [0.15, 0.2) is 61.3 Å². The molecule has 0 saturated heterocycles. The maximum atomic E-state index is 13.2. The van der Waals surface area contributed by atoms with Crippen LogP contribution >= 0.6 is 0 Å². The van der Waals surface area contributed by atoms with Gasteiger partial charge in [-0.25, -0.2) is 18.3 Å². The van der Waals surface area contributed by atoms with Gasteiger partial charge in [0.1, 0.15) is 11.6 Å². The highest BCUT2D eigenvalue weighted by Crippen LogP contribution is 2.26. The quantitative estimate of drug-likeness (QED) is 0.633. The molecule has 0 atom stereocenters. The number of esters is 1. The summed E-state index contributed by atoms with van der Waals surface area (Å²) in [5.41, 5.74) is 2.32. The first kappa shape index (κ1) is 17.5. The predicted octanol–water partition coefficient (Wildman–Crippen LogP) is 4.52. The standard InChI is InChI=1S/C20H16F2N2O2/c1-3-26-20(25)19-18(15-6-10-17(22)11-7-15)12-24(23-19)13(2)14-4-8-16(21)9-5-14/h4-12H,2-3H2,1H3. The second-order valence-electron chi connectivity index (χ2n) is 5.52. The number of nitrogens with zero attached hydrogens (tertiary/aromatic N) is 2. The molecule has 0 radical (unpaired) electrons. The maximum Gasteiger partial charge on any atom is 0.359 e. The van der Waals surface area contributed by atoms with Crippen molar-refractivity contribution in [1.29, 1.82) is 0 Å². The van der Waals surface area contributed by atoms with Gasteiger partial charge in [-0.2, -0.15) is 5.10 Å². The van der Waals surface area contributed by atoms with Crippen LogP contribution in [0.2, 0.25) is 0 Å². The van der Waals surface area contributed by atoms with Gasteiger partial charge in [0.15, 0.2) is 5.69 Å². The van der Waals surface area contributed by atoms with E-state index in [2.05, 4.69) is 11.7 Å². The summed E-state index contributed by atoms with van der Waals surface area (Å²) in [5.74, 6) is -1.33. The zero-order valence-corrected chi connectivity index (χ0v) is 14.1. The summed E-state index contributed by atoms with van der Waals surface area (Å²) in [6.45, 7) is 5.86. The van der Waals surface area contributed by atoms with Crippen molar-refractivity contribution in [2.24, 2.45) is 0 Å². The molecule has 0 spiro atoms. The number of hydrogen-bond acceptors (Lipinski definition) is 3. The molecule has 0 aliphatic heterocycles. The molecule has 1 heterocycles. The van der Waals surface area contributed by atoms with E-state index in [1.54, 1.807) is 37.4 Å². The molecular weight excluding hydrogens is 338 g/mol. The number of aromatic nitrogens is 2. The van der Waals surface area contributed by atoms with Crippen LogP contribution in [-0.2, 0) is 4.74 Å². The highest BCUT2D eigenvalue weighted by molar-refractivity contribution is 5.95. The van der Waals surface area contributed by atoms with Crippen LogP contribution in [-0.4, -0.2) is 22.4 Å². The summed E-state index contributed by atoms with van der Waals surface area (Å²) in [7, 11) is 0. The highest BCUT2D eigenvalue weighted by Gasteiger charge is 2.20. The Hall–Kier alpha value is -3.28. The van der Waals surface area contributed by atoms with Gasteiger partial charge in [0.25, 0.3) is 0 Å². The fourth-order valence-electron chi connectivity index (χ4n) is 2.48. The van der Waals surface area contributed by atoms with Crippen molar-refractivity contribution in [2.75, 3.05) is 6.61 Å². The molecule has 26 heavy (non-hydrogen) atoms. The Morgan fingerprint density at radius 1 is 1.08 bits per heavy atom. The molecule has 6 heteroatoms. The summed E-state index contributed by atoms with van der Waals surface area (Å²) >= 11 is 0. The molecule has 0 fully saturated rings. The number of ether oxygens (including phenoxy) is 1. The normalized spacial score (nSPS) is 10.6. The second-order valence-corrected chi connectivity index (χ2v) is 5.52. The van der Waals surface area contributed by atoms with Crippen molar-refractivity contribution < 1.29 is 18.3 Å². The number of benzene rings is 2. The minimum absolute atomic E-state index is 0.0988. The van der Waals surface area contributed by atoms with Gasteiger partial charge in [-0.15, -0.1) is 0 Å². The lowest BCUT2D eigenvalue weighted by Gasteiger charge is -2.05. The van der Waals surface area contributed by atoms with Crippen LogP contribution in [0.1, 0.15) is 23.0 Å². The Morgan fingerprint density at radius 3 is 2.23 bits per heavy atom. The Balaban J connectivity index is 2.05. The monoisotopic (exact) mass is 354 g/mol.